The summed E-state index contributed by atoms with van der Waals surface area (Å²) in [5.41, 5.74) is 8.73. The molecular formula is C39H27N5. The second-order valence-corrected chi connectivity index (χ2v) is 10.6. The smallest absolute Gasteiger partial charge is 0.146 e. The average molecular weight is 566 g/mol. The van der Waals surface area contributed by atoms with E-state index < -0.39 is 0 Å². The van der Waals surface area contributed by atoms with Gasteiger partial charge in [-0.15, -0.1) is 0 Å². The van der Waals surface area contributed by atoms with Gasteiger partial charge in [0.25, 0.3) is 0 Å². The van der Waals surface area contributed by atoms with Crippen molar-refractivity contribution in [1.29, 1.82) is 0 Å². The van der Waals surface area contributed by atoms with E-state index in [1.807, 2.05) is 67.1 Å². The summed E-state index contributed by atoms with van der Waals surface area (Å²) < 4.78 is 2.13. The number of nitrogens with zero attached hydrogens (tertiary/aromatic N) is 5. The van der Waals surface area contributed by atoms with E-state index >= 15 is 0 Å². The molecule has 0 aliphatic rings. The molecule has 0 aliphatic heterocycles. The summed E-state index contributed by atoms with van der Waals surface area (Å²) in [6, 6.07) is 50.5. The molecule has 0 fully saturated rings. The molecule has 8 rings (SSSR count). The molecule has 4 aromatic heterocycles. The van der Waals surface area contributed by atoms with Crippen molar-refractivity contribution in [2.75, 3.05) is 4.90 Å². The molecule has 208 valence electrons. The maximum Gasteiger partial charge on any atom is 0.146 e. The fourth-order valence-electron chi connectivity index (χ4n) is 5.88. The topological polar surface area (TPSA) is 46.8 Å². The van der Waals surface area contributed by atoms with Crippen molar-refractivity contribution in [2.45, 2.75) is 0 Å². The molecule has 5 heteroatoms. The molecule has 0 aliphatic carbocycles. The molecule has 44 heavy (non-hydrogen) atoms. The molecule has 0 N–H and O–H groups in total. The van der Waals surface area contributed by atoms with Crippen LogP contribution in [0.25, 0.3) is 50.0 Å². The molecule has 0 spiro atoms. The quantitative estimate of drug-likeness (QED) is 0.201. The minimum Gasteiger partial charge on any atom is -0.295 e. The average Bonchev–Trinajstić information content (AvgIpc) is 3.44. The van der Waals surface area contributed by atoms with Crippen molar-refractivity contribution >= 4 is 39.1 Å². The Morgan fingerprint density at radius 1 is 0.432 bits per heavy atom. The number of rotatable bonds is 6. The van der Waals surface area contributed by atoms with E-state index in [-0.39, 0.29) is 0 Å². The van der Waals surface area contributed by atoms with E-state index in [1.165, 1.54) is 11.1 Å². The number of fused-ring (bicyclic) bond motifs is 3. The van der Waals surface area contributed by atoms with Gasteiger partial charge in [0.15, 0.2) is 0 Å². The molecule has 0 saturated heterocycles. The predicted octanol–water partition coefficient (Wildman–Crippen LogP) is 9.77. The first-order valence-electron chi connectivity index (χ1n) is 14.6. The van der Waals surface area contributed by atoms with Gasteiger partial charge in [0.05, 0.1) is 5.52 Å². The highest BCUT2D eigenvalue weighted by molar-refractivity contribution is 6.09. The van der Waals surface area contributed by atoms with Crippen LogP contribution in [0, 0.1) is 0 Å². The monoisotopic (exact) mass is 565 g/mol. The lowest BCUT2D eigenvalue weighted by molar-refractivity contribution is 1.06. The lowest BCUT2D eigenvalue weighted by Crippen LogP contribution is -2.11. The van der Waals surface area contributed by atoms with Crippen LogP contribution in [0.1, 0.15) is 0 Å². The van der Waals surface area contributed by atoms with Gasteiger partial charge in [0.2, 0.25) is 0 Å². The van der Waals surface area contributed by atoms with Crippen LogP contribution in [-0.2, 0) is 0 Å². The van der Waals surface area contributed by atoms with Gasteiger partial charge < -0.3 is 0 Å². The third-order valence-electron chi connectivity index (χ3n) is 7.97. The van der Waals surface area contributed by atoms with E-state index in [0.717, 1.165) is 56.1 Å². The standard InChI is InChI=1S/C39H27N5/c1-2-9-28(10-3-1)29-14-19-32(20-15-29)43(37-12-4-6-24-40-37)33-21-16-30(17-22-33)31-18-23-36-35(27-31)34-11-8-26-42-39(34)44(36)38-13-5-7-25-41-38/h1-27H. The van der Waals surface area contributed by atoms with Gasteiger partial charge in [0.1, 0.15) is 17.3 Å². The highest BCUT2D eigenvalue weighted by Crippen LogP contribution is 2.37. The van der Waals surface area contributed by atoms with Gasteiger partial charge in [-0.1, -0.05) is 72.8 Å². The van der Waals surface area contributed by atoms with Crippen LogP contribution >= 0.6 is 0 Å². The summed E-state index contributed by atoms with van der Waals surface area (Å²) >= 11 is 0. The third kappa shape index (κ3) is 4.57. The maximum atomic E-state index is 4.72. The van der Waals surface area contributed by atoms with Crippen LogP contribution in [0.2, 0.25) is 0 Å². The Morgan fingerprint density at radius 2 is 1.05 bits per heavy atom. The highest BCUT2D eigenvalue weighted by Gasteiger charge is 2.16. The van der Waals surface area contributed by atoms with Crippen molar-refractivity contribution in [2.24, 2.45) is 0 Å². The zero-order valence-electron chi connectivity index (χ0n) is 23.8. The van der Waals surface area contributed by atoms with E-state index in [1.54, 1.807) is 0 Å². The molecule has 8 aromatic rings. The molecule has 4 aromatic carbocycles. The lowest BCUT2D eigenvalue weighted by atomic mass is 10.0. The first-order chi connectivity index (χ1) is 21.8. The molecule has 0 saturated carbocycles. The zero-order valence-corrected chi connectivity index (χ0v) is 23.8. The fourth-order valence-corrected chi connectivity index (χ4v) is 5.88. The number of benzene rings is 4. The zero-order chi connectivity index (χ0) is 29.3. The molecule has 4 heterocycles. The van der Waals surface area contributed by atoms with Gasteiger partial charge >= 0.3 is 0 Å². The molecule has 5 nitrogen and oxygen atoms in total. The van der Waals surface area contributed by atoms with Gasteiger partial charge in [-0.3, -0.25) is 9.47 Å². The summed E-state index contributed by atoms with van der Waals surface area (Å²) in [6.07, 6.45) is 5.49. The normalized spacial score (nSPS) is 11.2. The molecule has 0 bridgehead atoms. The fraction of sp³-hybridized carbons (Fsp3) is 0. The van der Waals surface area contributed by atoms with Gasteiger partial charge in [-0.2, -0.15) is 0 Å². The second-order valence-electron chi connectivity index (χ2n) is 10.6. The van der Waals surface area contributed by atoms with Crippen molar-refractivity contribution < 1.29 is 0 Å². The van der Waals surface area contributed by atoms with Crippen molar-refractivity contribution in [3.8, 4) is 28.1 Å². The summed E-state index contributed by atoms with van der Waals surface area (Å²) in [5, 5.41) is 2.25. The van der Waals surface area contributed by atoms with Crippen LogP contribution in [0.15, 0.2) is 164 Å². The summed E-state index contributed by atoms with van der Waals surface area (Å²) in [4.78, 5) is 16.2. The first-order valence-corrected chi connectivity index (χ1v) is 14.6. The SMILES string of the molecule is c1ccc(-c2ccc(N(c3ccc(-c4ccc5c(c4)c4cccnc4n5-c4ccccn4)cc3)c3ccccn3)cc2)cc1. The highest BCUT2D eigenvalue weighted by atomic mass is 15.2. The second kappa shape index (κ2) is 11.0. The van der Waals surface area contributed by atoms with Crippen molar-refractivity contribution in [1.82, 2.24) is 19.5 Å². The van der Waals surface area contributed by atoms with Crippen LogP contribution < -0.4 is 4.90 Å². The van der Waals surface area contributed by atoms with Crippen LogP contribution in [0.5, 0.6) is 0 Å². The number of anilines is 3. The minimum atomic E-state index is 0.856. The first kappa shape index (κ1) is 25.6. The summed E-state index contributed by atoms with van der Waals surface area (Å²) in [5.74, 6) is 1.72. The van der Waals surface area contributed by atoms with Gasteiger partial charge in [0, 0.05) is 40.7 Å². The molecule has 0 atom stereocenters. The summed E-state index contributed by atoms with van der Waals surface area (Å²) in [6.45, 7) is 0. The van der Waals surface area contributed by atoms with E-state index in [0.29, 0.717) is 0 Å². The Hall–Kier alpha value is -6.07. The minimum absolute atomic E-state index is 0.856. The largest absolute Gasteiger partial charge is 0.295 e. The Labute approximate surface area is 255 Å². The number of aromatic nitrogens is 4. The maximum absolute atomic E-state index is 4.72. The van der Waals surface area contributed by atoms with E-state index in [9.17, 15) is 0 Å². The Morgan fingerprint density at radius 3 is 1.73 bits per heavy atom. The summed E-state index contributed by atoms with van der Waals surface area (Å²) in [7, 11) is 0. The number of pyridine rings is 3. The van der Waals surface area contributed by atoms with Gasteiger partial charge in [-0.25, -0.2) is 15.0 Å². The van der Waals surface area contributed by atoms with Crippen LogP contribution in [0.3, 0.4) is 0 Å². The van der Waals surface area contributed by atoms with Crippen LogP contribution in [-0.4, -0.2) is 19.5 Å². The third-order valence-corrected chi connectivity index (χ3v) is 7.97. The number of hydrogen-bond acceptors (Lipinski definition) is 4. The predicted molar refractivity (Wildman–Crippen MR) is 180 cm³/mol. The van der Waals surface area contributed by atoms with E-state index in [2.05, 4.69) is 112 Å². The van der Waals surface area contributed by atoms with Crippen molar-refractivity contribution in [3.63, 3.8) is 0 Å². The van der Waals surface area contributed by atoms with Gasteiger partial charge in [-0.05, 0) is 95.1 Å². The number of hydrogen-bond donors (Lipinski definition) is 0. The van der Waals surface area contributed by atoms with Crippen molar-refractivity contribution in [3.05, 3.63) is 164 Å². The Balaban J connectivity index is 1.18. The molecule has 0 unspecified atom stereocenters. The Bertz CT molecular complexity index is 2190. The van der Waals surface area contributed by atoms with E-state index in [4.69, 9.17) is 9.97 Å². The Kier molecular flexibility index (Phi) is 6.39. The lowest BCUT2D eigenvalue weighted by Gasteiger charge is -2.24. The molecule has 0 radical (unpaired) electrons. The van der Waals surface area contributed by atoms with Crippen LogP contribution in [0.4, 0.5) is 17.2 Å². The molecular weight excluding hydrogens is 538 g/mol. The molecule has 0 amide bonds.